The molecule has 1 fully saturated rings. The van der Waals surface area contributed by atoms with Crippen LogP contribution in [0.1, 0.15) is 35.8 Å². The smallest absolute Gasteiger partial charge is 0.338 e. The largest absolute Gasteiger partial charge is 0.459 e. The summed E-state index contributed by atoms with van der Waals surface area (Å²) in [6.45, 7) is 3.55. The molecule has 2 amide bonds. The molecule has 0 aliphatic carbocycles. The van der Waals surface area contributed by atoms with Gasteiger partial charge in [0.15, 0.2) is 0 Å². The highest BCUT2D eigenvalue weighted by molar-refractivity contribution is 8.00. The van der Waals surface area contributed by atoms with Crippen LogP contribution in [0.4, 0.5) is 5.69 Å². The highest BCUT2D eigenvalue weighted by Gasteiger charge is 2.28. The van der Waals surface area contributed by atoms with Crippen molar-refractivity contribution in [1.29, 1.82) is 0 Å². The number of amides is 2. The Morgan fingerprint density at radius 1 is 1.10 bits per heavy atom. The van der Waals surface area contributed by atoms with E-state index in [4.69, 9.17) is 4.74 Å². The lowest BCUT2D eigenvalue weighted by Crippen LogP contribution is -2.60. The summed E-state index contributed by atoms with van der Waals surface area (Å²) >= 11 is 1.24. The minimum absolute atomic E-state index is 0.107. The maximum absolute atomic E-state index is 12.3. The molecule has 158 valence electrons. The Hall–Kier alpha value is -2.88. The maximum atomic E-state index is 12.3. The topological polar surface area (TPSA) is 109 Å². The molecule has 0 saturated carbocycles. The zero-order chi connectivity index (χ0) is 21.5. The van der Waals surface area contributed by atoms with Crippen molar-refractivity contribution in [3.05, 3.63) is 65.7 Å². The van der Waals surface area contributed by atoms with Gasteiger partial charge in [0.05, 0.1) is 17.4 Å². The summed E-state index contributed by atoms with van der Waals surface area (Å²) in [6.07, 6.45) is -0.222. The normalized spacial score (nSPS) is 18.6. The lowest BCUT2D eigenvalue weighted by atomic mass is 10.1. The molecule has 30 heavy (non-hydrogen) atoms. The summed E-state index contributed by atoms with van der Waals surface area (Å²) in [6, 6.07) is 15.4. The number of thioether (sulfide) groups is 1. The quantitative estimate of drug-likeness (QED) is 0.501. The second kappa shape index (κ2) is 10.2. The number of benzene rings is 2. The third kappa shape index (κ3) is 6.06. The molecule has 1 aliphatic heterocycles. The van der Waals surface area contributed by atoms with E-state index in [-0.39, 0.29) is 23.7 Å². The van der Waals surface area contributed by atoms with E-state index >= 15 is 0 Å². The molecule has 3 rings (SSSR count). The summed E-state index contributed by atoms with van der Waals surface area (Å²) in [4.78, 5) is 36.6. The number of hydrazine groups is 1. The first-order valence-electron chi connectivity index (χ1n) is 9.51. The number of esters is 1. The Balaban J connectivity index is 1.47. The van der Waals surface area contributed by atoms with Crippen LogP contribution in [0.5, 0.6) is 0 Å². The van der Waals surface area contributed by atoms with Gasteiger partial charge in [0, 0.05) is 5.69 Å². The average molecular weight is 429 g/mol. The van der Waals surface area contributed by atoms with Gasteiger partial charge in [-0.2, -0.15) is 0 Å². The maximum Gasteiger partial charge on any atom is 0.338 e. The molecule has 0 aromatic heterocycles. The van der Waals surface area contributed by atoms with Crippen LogP contribution < -0.4 is 21.5 Å². The molecule has 8 nitrogen and oxygen atoms in total. The van der Waals surface area contributed by atoms with E-state index < -0.39 is 17.5 Å². The van der Waals surface area contributed by atoms with Crippen LogP contribution in [0.15, 0.2) is 54.6 Å². The second-order valence-electron chi connectivity index (χ2n) is 6.92. The molecule has 2 aromatic carbocycles. The molecule has 9 heteroatoms. The number of anilines is 1. The van der Waals surface area contributed by atoms with Crippen LogP contribution in [0.25, 0.3) is 0 Å². The van der Waals surface area contributed by atoms with E-state index in [2.05, 4.69) is 21.5 Å². The van der Waals surface area contributed by atoms with Crippen LogP contribution in [-0.4, -0.2) is 35.1 Å². The van der Waals surface area contributed by atoms with Crippen molar-refractivity contribution < 1.29 is 19.1 Å². The first kappa shape index (κ1) is 21.8. The highest BCUT2D eigenvalue weighted by Crippen LogP contribution is 2.18. The summed E-state index contributed by atoms with van der Waals surface area (Å²) in [5.74, 6) is -0.760. The molecule has 0 bridgehead atoms. The number of hydrogen-bond donors (Lipinski definition) is 4. The molecular formula is C21H24N4O4S. The highest BCUT2D eigenvalue weighted by atomic mass is 32.2. The Morgan fingerprint density at radius 2 is 1.87 bits per heavy atom. The number of carbonyl (C=O) groups is 3. The first-order valence-corrected chi connectivity index (χ1v) is 10.6. The number of hydrogen-bond acceptors (Lipinski definition) is 7. The number of rotatable bonds is 7. The molecule has 2 unspecified atom stereocenters. The third-order valence-electron chi connectivity index (χ3n) is 4.13. The van der Waals surface area contributed by atoms with Crippen LogP contribution >= 0.6 is 11.8 Å². The first-order chi connectivity index (χ1) is 14.4. The summed E-state index contributed by atoms with van der Waals surface area (Å²) < 4.78 is 5.16. The van der Waals surface area contributed by atoms with Crippen molar-refractivity contribution in [2.24, 2.45) is 0 Å². The zero-order valence-electron chi connectivity index (χ0n) is 16.7. The lowest BCUT2D eigenvalue weighted by Gasteiger charge is -2.31. The third-order valence-corrected chi connectivity index (χ3v) is 5.13. The summed E-state index contributed by atoms with van der Waals surface area (Å²) in [5.41, 5.74) is 7.24. The second-order valence-corrected chi connectivity index (χ2v) is 8.01. The van der Waals surface area contributed by atoms with Crippen LogP contribution in [-0.2, 0) is 14.3 Å². The van der Waals surface area contributed by atoms with Crippen molar-refractivity contribution in [1.82, 2.24) is 16.2 Å². The van der Waals surface area contributed by atoms with Crippen molar-refractivity contribution in [3.8, 4) is 0 Å². The fraction of sp³-hybridized carbons (Fsp3) is 0.286. The van der Waals surface area contributed by atoms with Crippen molar-refractivity contribution in [2.45, 2.75) is 31.5 Å². The van der Waals surface area contributed by atoms with Crippen LogP contribution in [0.3, 0.4) is 0 Å². The van der Waals surface area contributed by atoms with Gasteiger partial charge in [-0.3, -0.25) is 9.59 Å². The standard InChI is InChI=1S/C21H24N4O4S/c1-13(2)29-20(28)15-9-6-10-16(11-15)22-17(26)12-30-21-23-19(27)18(24-25-21)14-7-4-3-5-8-14/h3-11,13,18,21,24-25H,12H2,1-2H3,(H,22,26)(H,23,27). The van der Waals surface area contributed by atoms with Gasteiger partial charge < -0.3 is 15.4 Å². The van der Waals surface area contributed by atoms with Gasteiger partial charge in [-0.05, 0) is 37.6 Å². The molecule has 2 atom stereocenters. The lowest BCUT2D eigenvalue weighted by molar-refractivity contribution is -0.126. The molecule has 0 spiro atoms. The Kier molecular flexibility index (Phi) is 7.45. The monoisotopic (exact) mass is 428 g/mol. The fourth-order valence-corrected chi connectivity index (χ4v) is 3.54. The van der Waals surface area contributed by atoms with Gasteiger partial charge >= 0.3 is 5.97 Å². The predicted molar refractivity (Wildman–Crippen MR) is 115 cm³/mol. The average Bonchev–Trinajstić information content (AvgIpc) is 2.73. The zero-order valence-corrected chi connectivity index (χ0v) is 17.5. The molecule has 0 radical (unpaired) electrons. The number of ether oxygens (including phenoxy) is 1. The van der Waals surface area contributed by atoms with Gasteiger partial charge in [-0.15, -0.1) is 11.8 Å². The van der Waals surface area contributed by atoms with E-state index in [9.17, 15) is 14.4 Å². The molecule has 1 aliphatic rings. The Bertz CT molecular complexity index is 907. The van der Waals surface area contributed by atoms with Gasteiger partial charge in [-0.25, -0.2) is 15.6 Å². The van der Waals surface area contributed by atoms with E-state index in [1.165, 1.54) is 11.8 Å². The van der Waals surface area contributed by atoms with Crippen LogP contribution in [0.2, 0.25) is 0 Å². The van der Waals surface area contributed by atoms with Crippen molar-refractivity contribution in [3.63, 3.8) is 0 Å². The molecule has 1 saturated heterocycles. The van der Waals surface area contributed by atoms with Gasteiger partial charge in [0.25, 0.3) is 0 Å². The Morgan fingerprint density at radius 3 is 2.57 bits per heavy atom. The number of carbonyl (C=O) groups excluding carboxylic acids is 3. The van der Waals surface area contributed by atoms with E-state index in [0.29, 0.717) is 11.3 Å². The molecule has 1 heterocycles. The number of nitrogens with one attached hydrogen (secondary N) is 4. The predicted octanol–water partition coefficient (Wildman–Crippen LogP) is 2.17. The van der Waals surface area contributed by atoms with Crippen molar-refractivity contribution >= 4 is 35.2 Å². The summed E-state index contributed by atoms with van der Waals surface area (Å²) in [7, 11) is 0. The van der Waals surface area contributed by atoms with Crippen molar-refractivity contribution in [2.75, 3.05) is 11.1 Å². The minimum atomic E-state index is -0.495. The van der Waals surface area contributed by atoms with Gasteiger partial charge in [0.1, 0.15) is 11.5 Å². The minimum Gasteiger partial charge on any atom is -0.459 e. The molecular weight excluding hydrogens is 404 g/mol. The SMILES string of the molecule is CC(C)OC(=O)c1cccc(NC(=O)CSC2NNC(c3ccccc3)C(=O)N2)c1. The van der Waals surface area contributed by atoms with Gasteiger partial charge in [0.2, 0.25) is 11.8 Å². The summed E-state index contributed by atoms with van der Waals surface area (Å²) in [5, 5.41) is 5.58. The Labute approximate surface area is 179 Å². The van der Waals surface area contributed by atoms with E-state index in [0.717, 1.165) is 5.56 Å². The molecule has 4 N–H and O–H groups in total. The fourth-order valence-electron chi connectivity index (χ4n) is 2.80. The van der Waals surface area contributed by atoms with E-state index in [1.54, 1.807) is 38.1 Å². The van der Waals surface area contributed by atoms with E-state index in [1.807, 2.05) is 30.3 Å². The molecule has 2 aromatic rings. The van der Waals surface area contributed by atoms with Crippen LogP contribution in [0, 0.1) is 0 Å². The van der Waals surface area contributed by atoms with Gasteiger partial charge in [-0.1, -0.05) is 36.4 Å².